The summed E-state index contributed by atoms with van der Waals surface area (Å²) in [6, 6.07) is 0.263. The van der Waals surface area contributed by atoms with Crippen LogP contribution >= 0.6 is 0 Å². The zero-order valence-electron chi connectivity index (χ0n) is 10.1. The molecule has 0 aliphatic heterocycles. The van der Waals surface area contributed by atoms with Gasteiger partial charge in [-0.05, 0) is 26.2 Å². The Morgan fingerprint density at radius 2 is 2.47 bits per heavy atom. The summed E-state index contributed by atoms with van der Waals surface area (Å²) in [7, 11) is 0. The Hall–Kier alpha value is -1.52. The normalized spacial score (nSPS) is 24.5. The maximum atomic E-state index is 11.0. The summed E-state index contributed by atoms with van der Waals surface area (Å²) in [6.45, 7) is 2.89. The summed E-state index contributed by atoms with van der Waals surface area (Å²) in [5.41, 5.74) is 0.989. The highest BCUT2D eigenvalue weighted by molar-refractivity contribution is 5.70. The number of nitrogens with one attached hydrogen (secondary N) is 1. The van der Waals surface area contributed by atoms with Gasteiger partial charge in [-0.3, -0.25) is 9.48 Å². The molecule has 0 amide bonds. The SMILES string of the molecule is CCn1cc(NC2CCCC(C(=O)O)C2)cn1. The Morgan fingerprint density at radius 1 is 1.65 bits per heavy atom. The molecule has 5 heteroatoms. The fraction of sp³-hybridized carbons (Fsp3) is 0.667. The van der Waals surface area contributed by atoms with Crippen LogP contribution in [-0.4, -0.2) is 26.9 Å². The molecule has 1 fully saturated rings. The van der Waals surface area contributed by atoms with Gasteiger partial charge in [0.25, 0.3) is 0 Å². The fourth-order valence-corrected chi connectivity index (χ4v) is 2.39. The number of aliphatic carboxylic acids is 1. The molecule has 1 aliphatic carbocycles. The standard InChI is InChI=1S/C12H19N3O2/c1-2-15-8-11(7-13-15)14-10-5-3-4-9(6-10)12(16)17/h7-10,14H,2-6H2,1H3,(H,16,17). The van der Waals surface area contributed by atoms with Crippen molar-refractivity contribution in [3.63, 3.8) is 0 Å². The van der Waals surface area contributed by atoms with Crippen molar-refractivity contribution in [3.05, 3.63) is 12.4 Å². The molecule has 2 atom stereocenters. The fourth-order valence-electron chi connectivity index (χ4n) is 2.39. The van der Waals surface area contributed by atoms with Crippen molar-refractivity contribution in [2.75, 3.05) is 5.32 Å². The van der Waals surface area contributed by atoms with Crippen molar-refractivity contribution < 1.29 is 9.90 Å². The number of carbonyl (C=O) groups is 1. The van der Waals surface area contributed by atoms with Gasteiger partial charge in [-0.1, -0.05) is 6.42 Å². The monoisotopic (exact) mass is 237 g/mol. The summed E-state index contributed by atoms with van der Waals surface area (Å²) < 4.78 is 1.86. The van der Waals surface area contributed by atoms with Gasteiger partial charge in [0.1, 0.15) is 0 Å². The quantitative estimate of drug-likeness (QED) is 0.840. The number of carboxylic acid groups (broad SMARTS) is 1. The first-order valence-electron chi connectivity index (χ1n) is 6.21. The van der Waals surface area contributed by atoms with E-state index in [1.54, 1.807) is 6.20 Å². The predicted molar refractivity (Wildman–Crippen MR) is 64.9 cm³/mol. The van der Waals surface area contributed by atoms with Crippen LogP contribution in [0.5, 0.6) is 0 Å². The molecule has 2 rings (SSSR count). The number of anilines is 1. The van der Waals surface area contributed by atoms with Crippen LogP contribution in [-0.2, 0) is 11.3 Å². The van der Waals surface area contributed by atoms with Crippen LogP contribution in [0, 0.1) is 5.92 Å². The molecule has 2 N–H and O–H groups in total. The predicted octanol–water partition coefficient (Wildman–Crippen LogP) is 1.96. The van der Waals surface area contributed by atoms with Gasteiger partial charge in [0.15, 0.2) is 0 Å². The number of carboxylic acids is 1. The highest BCUT2D eigenvalue weighted by atomic mass is 16.4. The largest absolute Gasteiger partial charge is 0.481 e. The number of rotatable bonds is 4. The molecule has 0 radical (unpaired) electrons. The number of nitrogens with zero attached hydrogens (tertiary/aromatic N) is 2. The van der Waals surface area contributed by atoms with Crippen molar-refractivity contribution in [2.45, 2.75) is 45.2 Å². The average Bonchev–Trinajstić information content (AvgIpc) is 2.77. The smallest absolute Gasteiger partial charge is 0.306 e. The van der Waals surface area contributed by atoms with E-state index >= 15 is 0 Å². The molecule has 2 unspecified atom stereocenters. The van der Waals surface area contributed by atoms with Crippen molar-refractivity contribution in [3.8, 4) is 0 Å². The van der Waals surface area contributed by atoms with Crippen LogP contribution in [0.25, 0.3) is 0 Å². The van der Waals surface area contributed by atoms with Gasteiger partial charge < -0.3 is 10.4 Å². The lowest BCUT2D eigenvalue weighted by atomic mass is 9.86. The van der Waals surface area contributed by atoms with Gasteiger partial charge in [0, 0.05) is 18.8 Å². The highest BCUT2D eigenvalue weighted by Gasteiger charge is 2.26. The maximum Gasteiger partial charge on any atom is 0.306 e. The number of aromatic nitrogens is 2. The van der Waals surface area contributed by atoms with E-state index in [1.807, 2.05) is 17.8 Å². The van der Waals surface area contributed by atoms with Crippen molar-refractivity contribution in [1.29, 1.82) is 0 Å². The molecule has 1 heterocycles. The third-order valence-electron chi connectivity index (χ3n) is 3.35. The Morgan fingerprint density at radius 3 is 3.12 bits per heavy atom. The minimum absolute atomic E-state index is 0.192. The van der Waals surface area contributed by atoms with Gasteiger partial charge in [-0.15, -0.1) is 0 Å². The molecule has 0 aromatic carbocycles. The van der Waals surface area contributed by atoms with Crippen LogP contribution in [0.15, 0.2) is 12.4 Å². The molecule has 0 bridgehead atoms. The summed E-state index contributed by atoms with van der Waals surface area (Å²) in [5, 5.41) is 16.6. The lowest BCUT2D eigenvalue weighted by Gasteiger charge is -2.27. The Balaban J connectivity index is 1.92. The average molecular weight is 237 g/mol. The third kappa shape index (κ3) is 2.99. The van der Waals surface area contributed by atoms with Gasteiger partial charge in [-0.25, -0.2) is 0 Å². The molecular weight excluding hydrogens is 218 g/mol. The van der Waals surface area contributed by atoms with E-state index in [4.69, 9.17) is 5.11 Å². The summed E-state index contributed by atoms with van der Waals surface area (Å²) in [5.74, 6) is -0.858. The minimum Gasteiger partial charge on any atom is -0.481 e. The topological polar surface area (TPSA) is 67.2 Å². The number of hydrogen-bond acceptors (Lipinski definition) is 3. The van der Waals surface area contributed by atoms with E-state index in [0.717, 1.165) is 31.5 Å². The molecule has 5 nitrogen and oxygen atoms in total. The highest BCUT2D eigenvalue weighted by Crippen LogP contribution is 2.26. The summed E-state index contributed by atoms with van der Waals surface area (Å²) in [4.78, 5) is 11.0. The molecular formula is C12H19N3O2. The number of aryl methyl sites for hydroxylation is 1. The molecule has 1 saturated carbocycles. The minimum atomic E-state index is -0.666. The van der Waals surface area contributed by atoms with Crippen LogP contribution in [0.1, 0.15) is 32.6 Å². The lowest BCUT2D eigenvalue weighted by molar-refractivity contribution is -0.142. The molecule has 0 saturated heterocycles. The third-order valence-corrected chi connectivity index (χ3v) is 3.35. The Labute approximate surface area is 101 Å². The van der Waals surface area contributed by atoms with Gasteiger partial charge in [0.2, 0.25) is 0 Å². The zero-order valence-corrected chi connectivity index (χ0v) is 10.1. The second-order valence-electron chi connectivity index (χ2n) is 4.63. The first kappa shape index (κ1) is 12.0. The van der Waals surface area contributed by atoms with Gasteiger partial charge in [0.05, 0.1) is 17.8 Å². The van der Waals surface area contributed by atoms with Crippen molar-refractivity contribution in [2.24, 2.45) is 5.92 Å². The second kappa shape index (κ2) is 5.21. The van der Waals surface area contributed by atoms with Crippen molar-refractivity contribution in [1.82, 2.24) is 9.78 Å². The second-order valence-corrected chi connectivity index (χ2v) is 4.63. The molecule has 1 aliphatic rings. The van der Waals surface area contributed by atoms with E-state index in [-0.39, 0.29) is 12.0 Å². The van der Waals surface area contributed by atoms with Crippen LogP contribution < -0.4 is 5.32 Å². The van der Waals surface area contributed by atoms with E-state index in [0.29, 0.717) is 6.42 Å². The van der Waals surface area contributed by atoms with E-state index in [9.17, 15) is 4.79 Å². The van der Waals surface area contributed by atoms with Crippen LogP contribution in [0.2, 0.25) is 0 Å². The first-order valence-corrected chi connectivity index (χ1v) is 6.21. The molecule has 1 aromatic rings. The van der Waals surface area contributed by atoms with Gasteiger partial charge >= 0.3 is 5.97 Å². The number of hydrogen-bond donors (Lipinski definition) is 2. The zero-order chi connectivity index (χ0) is 12.3. The lowest BCUT2D eigenvalue weighted by Crippen LogP contribution is -2.30. The van der Waals surface area contributed by atoms with Crippen LogP contribution in [0.3, 0.4) is 0 Å². The molecule has 94 valence electrons. The van der Waals surface area contributed by atoms with Gasteiger partial charge in [-0.2, -0.15) is 5.10 Å². The summed E-state index contributed by atoms with van der Waals surface area (Å²) >= 11 is 0. The first-order chi connectivity index (χ1) is 8.19. The van der Waals surface area contributed by atoms with Crippen molar-refractivity contribution >= 4 is 11.7 Å². The maximum absolute atomic E-state index is 11.0. The van der Waals surface area contributed by atoms with Crippen LogP contribution in [0.4, 0.5) is 5.69 Å². The Kier molecular flexibility index (Phi) is 3.66. The van der Waals surface area contributed by atoms with E-state index < -0.39 is 5.97 Å². The molecule has 17 heavy (non-hydrogen) atoms. The van der Waals surface area contributed by atoms with E-state index in [2.05, 4.69) is 10.4 Å². The summed E-state index contributed by atoms with van der Waals surface area (Å²) in [6.07, 6.45) is 7.31. The molecule has 0 spiro atoms. The molecule has 1 aromatic heterocycles. The Bertz CT molecular complexity index is 389. The van der Waals surface area contributed by atoms with E-state index in [1.165, 1.54) is 0 Å².